The molecule has 0 N–H and O–H groups in total. The van der Waals surface area contributed by atoms with Crippen molar-refractivity contribution < 1.29 is 0 Å². The van der Waals surface area contributed by atoms with Gasteiger partial charge in [0.2, 0.25) is 0 Å². The van der Waals surface area contributed by atoms with Gasteiger partial charge >= 0.3 is 0 Å². The molecule has 0 nitrogen and oxygen atoms in total. The fourth-order valence-electron chi connectivity index (χ4n) is 4.81. The standard InChI is InChI=1S/C26H22/c1-3-17-18(4-2)25-23-15-9-6-12-20(23)21-13-7-10-16-24(21)26(25)22-14-8-5-11-19(17)22/h5-16H,3-4H2,1-2H3. The molecule has 0 spiro atoms. The fourth-order valence-corrected chi connectivity index (χ4v) is 4.81. The molecule has 0 amide bonds. The van der Waals surface area contributed by atoms with E-state index in [0.717, 1.165) is 12.8 Å². The molecule has 0 aliphatic rings. The van der Waals surface area contributed by atoms with E-state index in [1.165, 1.54) is 54.2 Å². The summed E-state index contributed by atoms with van der Waals surface area (Å²) < 4.78 is 0. The number of hydrogen-bond donors (Lipinski definition) is 0. The molecule has 5 rings (SSSR count). The number of benzene rings is 5. The van der Waals surface area contributed by atoms with Gasteiger partial charge in [-0.3, -0.25) is 0 Å². The Morgan fingerprint density at radius 2 is 0.808 bits per heavy atom. The molecular weight excluding hydrogens is 312 g/mol. The summed E-state index contributed by atoms with van der Waals surface area (Å²) in [6.45, 7) is 4.59. The lowest BCUT2D eigenvalue weighted by Crippen LogP contribution is -1.97. The summed E-state index contributed by atoms with van der Waals surface area (Å²) in [6, 6.07) is 26.8. The van der Waals surface area contributed by atoms with Crippen LogP contribution < -0.4 is 0 Å². The first kappa shape index (κ1) is 15.4. The monoisotopic (exact) mass is 334 g/mol. The van der Waals surface area contributed by atoms with Crippen LogP contribution in [0.2, 0.25) is 0 Å². The highest BCUT2D eigenvalue weighted by atomic mass is 14.2. The van der Waals surface area contributed by atoms with Gasteiger partial charge in [0.05, 0.1) is 0 Å². The second-order valence-corrected chi connectivity index (χ2v) is 7.05. The Labute approximate surface area is 154 Å². The molecule has 0 atom stereocenters. The molecular formula is C26H22. The molecule has 0 aliphatic heterocycles. The van der Waals surface area contributed by atoms with E-state index >= 15 is 0 Å². The highest BCUT2D eigenvalue weighted by molar-refractivity contribution is 6.32. The van der Waals surface area contributed by atoms with Crippen molar-refractivity contribution in [2.45, 2.75) is 26.7 Å². The van der Waals surface area contributed by atoms with Crippen LogP contribution >= 0.6 is 0 Å². The van der Waals surface area contributed by atoms with Crippen LogP contribution in [0.3, 0.4) is 0 Å². The van der Waals surface area contributed by atoms with Gasteiger partial charge in [-0.1, -0.05) is 86.6 Å². The molecule has 0 bridgehead atoms. The zero-order valence-electron chi connectivity index (χ0n) is 15.3. The van der Waals surface area contributed by atoms with Crippen LogP contribution in [0.25, 0.3) is 43.1 Å². The molecule has 0 saturated heterocycles. The largest absolute Gasteiger partial charge is 0.0616 e. The highest BCUT2D eigenvalue weighted by Crippen LogP contribution is 2.42. The van der Waals surface area contributed by atoms with E-state index in [1.807, 2.05) is 0 Å². The van der Waals surface area contributed by atoms with Gasteiger partial charge in [-0.05, 0) is 67.1 Å². The van der Waals surface area contributed by atoms with Crippen LogP contribution in [-0.2, 0) is 12.8 Å². The van der Waals surface area contributed by atoms with E-state index < -0.39 is 0 Å². The molecule has 0 saturated carbocycles. The topological polar surface area (TPSA) is 0 Å². The Bertz CT molecular complexity index is 1290. The zero-order chi connectivity index (χ0) is 17.7. The second-order valence-electron chi connectivity index (χ2n) is 7.05. The SMILES string of the molecule is CCc1c(CC)c2c3ccccc3c3ccccc3c2c2ccccc12. The molecule has 5 aromatic rings. The number of aryl methyl sites for hydroxylation is 2. The van der Waals surface area contributed by atoms with E-state index in [0.29, 0.717) is 0 Å². The average Bonchev–Trinajstić information content (AvgIpc) is 2.72. The first-order valence-corrected chi connectivity index (χ1v) is 9.60. The summed E-state index contributed by atoms with van der Waals surface area (Å²) >= 11 is 0. The Kier molecular flexibility index (Phi) is 3.46. The van der Waals surface area contributed by atoms with Crippen LogP contribution in [0, 0.1) is 0 Å². The van der Waals surface area contributed by atoms with Gasteiger partial charge in [0.15, 0.2) is 0 Å². The van der Waals surface area contributed by atoms with E-state index in [4.69, 9.17) is 0 Å². The van der Waals surface area contributed by atoms with Gasteiger partial charge < -0.3 is 0 Å². The van der Waals surface area contributed by atoms with E-state index in [9.17, 15) is 0 Å². The van der Waals surface area contributed by atoms with Crippen LogP contribution in [0.4, 0.5) is 0 Å². The van der Waals surface area contributed by atoms with E-state index in [1.54, 1.807) is 0 Å². The maximum absolute atomic E-state index is 2.30. The Balaban J connectivity index is 2.25. The molecule has 0 unspecified atom stereocenters. The summed E-state index contributed by atoms with van der Waals surface area (Å²) in [5.74, 6) is 0. The zero-order valence-corrected chi connectivity index (χ0v) is 15.3. The molecule has 26 heavy (non-hydrogen) atoms. The Morgan fingerprint density at radius 3 is 1.31 bits per heavy atom. The van der Waals surface area contributed by atoms with E-state index in [-0.39, 0.29) is 0 Å². The molecule has 0 heterocycles. The third-order valence-corrected chi connectivity index (χ3v) is 5.83. The Hall–Kier alpha value is -2.86. The van der Waals surface area contributed by atoms with Gasteiger partial charge in [-0.15, -0.1) is 0 Å². The average molecular weight is 334 g/mol. The third kappa shape index (κ3) is 1.96. The maximum atomic E-state index is 2.30. The Morgan fingerprint density at radius 1 is 0.423 bits per heavy atom. The number of fused-ring (bicyclic) bond motifs is 8. The van der Waals surface area contributed by atoms with Gasteiger partial charge in [0.1, 0.15) is 0 Å². The first-order valence-electron chi connectivity index (χ1n) is 9.60. The smallest absolute Gasteiger partial charge is 0.00174 e. The molecule has 0 aliphatic carbocycles. The summed E-state index contributed by atoms with van der Waals surface area (Å²) in [7, 11) is 0. The van der Waals surface area contributed by atoms with Gasteiger partial charge in [0.25, 0.3) is 0 Å². The highest BCUT2D eigenvalue weighted by Gasteiger charge is 2.17. The summed E-state index contributed by atoms with van der Waals surface area (Å²) in [4.78, 5) is 0. The van der Waals surface area contributed by atoms with Gasteiger partial charge in [-0.2, -0.15) is 0 Å². The molecule has 0 radical (unpaired) electrons. The molecule has 126 valence electrons. The predicted molar refractivity (Wildman–Crippen MR) is 115 cm³/mol. The van der Waals surface area contributed by atoms with Crippen LogP contribution in [0.1, 0.15) is 25.0 Å². The minimum Gasteiger partial charge on any atom is -0.0616 e. The normalized spacial score (nSPS) is 11.8. The van der Waals surface area contributed by atoms with Crippen LogP contribution in [-0.4, -0.2) is 0 Å². The predicted octanol–water partition coefficient (Wildman–Crippen LogP) is 7.42. The van der Waals surface area contributed by atoms with Crippen molar-refractivity contribution in [3.05, 3.63) is 83.9 Å². The minimum absolute atomic E-state index is 1.06. The van der Waals surface area contributed by atoms with Crippen molar-refractivity contribution in [2.75, 3.05) is 0 Å². The summed E-state index contributed by atoms with van der Waals surface area (Å²) in [5.41, 5.74) is 3.03. The second kappa shape index (κ2) is 5.85. The van der Waals surface area contributed by atoms with Crippen molar-refractivity contribution in [1.29, 1.82) is 0 Å². The lowest BCUT2D eigenvalue weighted by Gasteiger charge is -2.19. The number of hydrogen-bond acceptors (Lipinski definition) is 0. The minimum atomic E-state index is 1.06. The van der Waals surface area contributed by atoms with Crippen LogP contribution in [0.15, 0.2) is 72.8 Å². The molecule has 0 aromatic heterocycles. The third-order valence-electron chi connectivity index (χ3n) is 5.83. The van der Waals surface area contributed by atoms with Crippen molar-refractivity contribution in [1.82, 2.24) is 0 Å². The quantitative estimate of drug-likeness (QED) is 0.295. The van der Waals surface area contributed by atoms with E-state index in [2.05, 4.69) is 86.6 Å². The van der Waals surface area contributed by atoms with Crippen molar-refractivity contribution >= 4 is 43.1 Å². The van der Waals surface area contributed by atoms with Crippen molar-refractivity contribution in [3.8, 4) is 0 Å². The lowest BCUT2D eigenvalue weighted by atomic mass is 9.84. The number of rotatable bonds is 2. The summed E-state index contributed by atoms with van der Waals surface area (Å²) in [6.07, 6.45) is 2.13. The van der Waals surface area contributed by atoms with Crippen molar-refractivity contribution in [2.24, 2.45) is 0 Å². The maximum Gasteiger partial charge on any atom is -0.00174 e. The molecule has 0 fully saturated rings. The van der Waals surface area contributed by atoms with Gasteiger partial charge in [0, 0.05) is 0 Å². The van der Waals surface area contributed by atoms with Gasteiger partial charge in [-0.25, -0.2) is 0 Å². The van der Waals surface area contributed by atoms with Crippen molar-refractivity contribution in [3.63, 3.8) is 0 Å². The lowest BCUT2D eigenvalue weighted by molar-refractivity contribution is 1.07. The van der Waals surface area contributed by atoms with Crippen LogP contribution in [0.5, 0.6) is 0 Å². The molecule has 5 aromatic carbocycles. The fraction of sp³-hybridized carbons (Fsp3) is 0.154. The first-order chi connectivity index (χ1) is 12.8. The summed E-state index contributed by atoms with van der Waals surface area (Å²) in [5, 5.41) is 11.2. The molecule has 0 heteroatoms.